The molecule has 0 aromatic rings. The molecule has 82 valence electrons. The van der Waals surface area contributed by atoms with Gasteiger partial charge < -0.3 is 9.64 Å². The Morgan fingerprint density at radius 2 is 2.27 bits per heavy atom. The predicted octanol–water partition coefficient (Wildman–Crippen LogP) is -0.261. The van der Waals surface area contributed by atoms with Crippen molar-refractivity contribution >= 4 is 17.7 Å². The molecule has 0 radical (unpaired) electrons. The van der Waals surface area contributed by atoms with E-state index in [0.717, 1.165) is 6.42 Å². The van der Waals surface area contributed by atoms with Gasteiger partial charge in [-0.25, -0.2) is 0 Å². The summed E-state index contributed by atoms with van der Waals surface area (Å²) in [6.45, 7) is 2.44. The number of fused-ring (bicyclic) bond motifs is 1. The molecule has 5 heteroatoms. The van der Waals surface area contributed by atoms with Crippen molar-refractivity contribution in [2.24, 2.45) is 5.92 Å². The van der Waals surface area contributed by atoms with Crippen molar-refractivity contribution in [1.82, 2.24) is 4.90 Å². The normalized spacial score (nSPS) is 29.5. The van der Waals surface area contributed by atoms with E-state index in [-0.39, 0.29) is 24.3 Å². The maximum atomic E-state index is 11.8. The molecule has 2 saturated heterocycles. The minimum absolute atomic E-state index is 0.195. The van der Waals surface area contributed by atoms with Crippen molar-refractivity contribution in [3.63, 3.8) is 0 Å². The van der Waals surface area contributed by atoms with E-state index in [1.165, 1.54) is 4.90 Å². The van der Waals surface area contributed by atoms with Gasteiger partial charge in [0.05, 0.1) is 12.6 Å². The van der Waals surface area contributed by atoms with Gasteiger partial charge in [0.25, 0.3) is 0 Å². The summed E-state index contributed by atoms with van der Waals surface area (Å²) in [7, 11) is 0. The Labute approximate surface area is 87.4 Å². The molecule has 0 saturated carbocycles. The van der Waals surface area contributed by atoms with E-state index in [9.17, 15) is 14.4 Å². The number of carbonyl (C=O) groups excluding carboxylic acids is 3. The van der Waals surface area contributed by atoms with Gasteiger partial charge in [-0.15, -0.1) is 0 Å². The van der Waals surface area contributed by atoms with E-state index in [1.54, 1.807) is 6.92 Å². The van der Waals surface area contributed by atoms with Crippen molar-refractivity contribution in [3.8, 4) is 0 Å². The van der Waals surface area contributed by atoms with Gasteiger partial charge in [-0.3, -0.25) is 14.4 Å². The molecular formula is C10H13NO4. The van der Waals surface area contributed by atoms with Crippen molar-refractivity contribution in [3.05, 3.63) is 0 Å². The van der Waals surface area contributed by atoms with Crippen LogP contribution in [0.1, 0.15) is 19.8 Å². The molecule has 2 aliphatic heterocycles. The van der Waals surface area contributed by atoms with Crippen LogP contribution in [0.5, 0.6) is 0 Å². The molecule has 2 atom stereocenters. The number of esters is 1. The third-order valence-electron chi connectivity index (χ3n) is 2.92. The summed E-state index contributed by atoms with van der Waals surface area (Å²) in [6.07, 6.45) is 1.53. The van der Waals surface area contributed by atoms with Crippen molar-refractivity contribution in [1.29, 1.82) is 0 Å². The van der Waals surface area contributed by atoms with Gasteiger partial charge in [-0.05, 0) is 19.8 Å². The zero-order chi connectivity index (χ0) is 11.0. The Kier molecular flexibility index (Phi) is 2.46. The largest absolute Gasteiger partial charge is 0.465 e. The fourth-order valence-electron chi connectivity index (χ4n) is 2.25. The molecule has 15 heavy (non-hydrogen) atoms. The van der Waals surface area contributed by atoms with Crippen LogP contribution in [0.4, 0.5) is 0 Å². The predicted molar refractivity (Wildman–Crippen MR) is 49.9 cm³/mol. The Hall–Kier alpha value is -1.39. The third kappa shape index (κ3) is 1.42. The van der Waals surface area contributed by atoms with Crippen molar-refractivity contribution in [2.75, 3.05) is 13.2 Å². The molecule has 2 aliphatic rings. The van der Waals surface area contributed by atoms with Gasteiger partial charge >= 0.3 is 5.97 Å². The standard InChI is InChI=1S/C10H13NO4/c1-2-15-10(14)7-8(12)6-4-3-5-11(6)9(7)13/h6-7H,2-5H2,1H3. The van der Waals surface area contributed by atoms with Crippen LogP contribution in [0.3, 0.4) is 0 Å². The Bertz CT molecular complexity index is 303. The van der Waals surface area contributed by atoms with Gasteiger partial charge in [0.15, 0.2) is 11.7 Å². The number of carbonyl (C=O) groups is 3. The Balaban J connectivity index is 2.18. The second-order valence-electron chi connectivity index (χ2n) is 3.78. The molecule has 2 unspecified atom stereocenters. The number of hydrogen-bond acceptors (Lipinski definition) is 4. The maximum absolute atomic E-state index is 11.8. The summed E-state index contributed by atoms with van der Waals surface area (Å²) < 4.78 is 4.72. The number of rotatable bonds is 2. The molecular weight excluding hydrogens is 198 g/mol. The second kappa shape index (κ2) is 3.64. The summed E-state index contributed by atoms with van der Waals surface area (Å²) in [5, 5.41) is 0. The average Bonchev–Trinajstić information content (AvgIpc) is 2.72. The van der Waals surface area contributed by atoms with Crippen molar-refractivity contribution < 1.29 is 19.1 Å². The number of nitrogens with zero attached hydrogens (tertiary/aromatic N) is 1. The average molecular weight is 211 g/mol. The Morgan fingerprint density at radius 3 is 2.87 bits per heavy atom. The van der Waals surface area contributed by atoms with Crippen LogP contribution < -0.4 is 0 Å². The van der Waals surface area contributed by atoms with E-state index in [1.807, 2.05) is 0 Å². The highest BCUT2D eigenvalue weighted by Gasteiger charge is 2.53. The Morgan fingerprint density at radius 1 is 1.53 bits per heavy atom. The summed E-state index contributed by atoms with van der Waals surface area (Å²) in [4.78, 5) is 36.4. The highest BCUT2D eigenvalue weighted by Crippen LogP contribution is 2.30. The van der Waals surface area contributed by atoms with Crippen LogP contribution >= 0.6 is 0 Å². The quantitative estimate of drug-likeness (QED) is 0.466. The summed E-state index contributed by atoms with van der Waals surface area (Å²) in [6, 6.07) is -0.369. The lowest BCUT2D eigenvalue weighted by Gasteiger charge is -2.12. The molecule has 0 spiro atoms. The van der Waals surface area contributed by atoms with E-state index in [2.05, 4.69) is 0 Å². The van der Waals surface area contributed by atoms with Gasteiger partial charge in [0.2, 0.25) is 5.91 Å². The first kappa shape index (κ1) is 10.1. The zero-order valence-electron chi connectivity index (χ0n) is 8.56. The molecule has 0 N–H and O–H groups in total. The third-order valence-corrected chi connectivity index (χ3v) is 2.92. The molecule has 2 heterocycles. The molecule has 1 amide bonds. The lowest BCUT2D eigenvalue weighted by Crippen LogP contribution is -2.31. The first-order valence-corrected chi connectivity index (χ1v) is 5.17. The van der Waals surface area contributed by atoms with Gasteiger partial charge in [-0.2, -0.15) is 0 Å². The molecule has 0 bridgehead atoms. The lowest BCUT2D eigenvalue weighted by molar-refractivity contribution is -0.154. The number of Topliss-reactive ketones (excluding diaryl/α,β-unsaturated/α-hetero) is 1. The second-order valence-corrected chi connectivity index (χ2v) is 3.78. The van der Waals surface area contributed by atoms with Crippen LogP contribution in [0.25, 0.3) is 0 Å². The SMILES string of the molecule is CCOC(=O)C1C(=O)C2CCCN2C1=O. The van der Waals surface area contributed by atoms with Crippen LogP contribution in [0.2, 0.25) is 0 Å². The zero-order valence-corrected chi connectivity index (χ0v) is 8.56. The van der Waals surface area contributed by atoms with Gasteiger partial charge in [0, 0.05) is 6.54 Å². The first-order valence-electron chi connectivity index (χ1n) is 5.17. The summed E-state index contributed by atoms with van der Waals surface area (Å²) >= 11 is 0. The number of ketones is 1. The molecule has 2 rings (SSSR count). The van der Waals surface area contributed by atoms with Crippen LogP contribution in [0, 0.1) is 5.92 Å². The number of ether oxygens (including phenoxy) is 1. The minimum atomic E-state index is -1.18. The monoisotopic (exact) mass is 211 g/mol. The fourth-order valence-corrected chi connectivity index (χ4v) is 2.25. The number of amides is 1. The molecule has 5 nitrogen and oxygen atoms in total. The summed E-state index contributed by atoms with van der Waals surface area (Å²) in [5.41, 5.74) is 0. The number of hydrogen-bond donors (Lipinski definition) is 0. The summed E-state index contributed by atoms with van der Waals surface area (Å²) in [5.74, 6) is -2.53. The molecule has 0 aliphatic carbocycles. The van der Waals surface area contributed by atoms with E-state index in [4.69, 9.17) is 4.74 Å². The fraction of sp³-hybridized carbons (Fsp3) is 0.700. The topological polar surface area (TPSA) is 63.7 Å². The highest BCUT2D eigenvalue weighted by molar-refractivity contribution is 6.22. The van der Waals surface area contributed by atoms with E-state index in [0.29, 0.717) is 13.0 Å². The van der Waals surface area contributed by atoms with Gasteiger partial charge in [0.1, 0.15) is 0 Å². The van der Waals surface area contributed by atoms with E-state index >= 15 is 0 Å². The maximum Gasteiger partial charge on any atom is 0.326 e. The van der Waals surface area contributed by atoms with Crippen molar-refractivity contribution in [2.45, 2.75) is 25.8 Å². The van der Waals surface area contributed by atoms with Crippen LogP contribution in [0.15, 0.2) is 0 Å². The lowest BCUT2D eigenvalue weighted by atomic mass is 10.0. The highest BCUT2D eigenvalue weighted by atomic mass is 16.5. The molecule has 2 fully saturated rings. The first-order chi connectivity index (χ1) is 7.16. The van der Waals surface area contributed by atoms with E-state index < -0.39 is 11.9 Å². The molecule has 0 aromatic carbocycles. The smallest absolute Gasteiger partial charge is 0.326 e. The van der Waals surface area contributed by atoms with Crippen LogP contribution in [-0.2, 0) is 19.1 Å². The minimum Gasteiger partial charge on any atom is -0.465 e. The van der Waals surface area contributed by atoms with Crippen LogP contribution in [-0.4, -0.2) is 41.8 Å². The molecule has 0 aromatic heterocycles. The van der Waals surface area contributed by atoms with Gasteiger partial charge in [-0.1, -0.05) is 0 Å².